The molecule has 0 saturated carbocycles. The van der Waals surface area contributed by atoms with E-state index in [1.807, 2.05) is 6.07 Å². The summed E-state index contributed by atoms with van der Waals surface area (Å²) < 4.78 is 13.0. The van der Waals surface area contributed by atoms with Gasteiger partial charge in [-0.3, -0.25) is 0 Å². The first kappa shape index (κ1) is 13.6. The third-order valence-corrected chi connectivity index (χ3v) is 3.88. The minimum atomic E-state index is -0.368. The number of rotatable bonds is 3. The number of nitriles is 1. The highest BCUT2D eigenvalue weighted by molar-refractivity contribution is 7.98. The van der Waals surface area contributed by atoms with Gasteiger partial charge in [-0.25, -0.2) is 4.39 Å². The molecule has 0 unspecified atom stereocenters. The van der Waals surface area contributed by atoms with E-state index in [-0.39, 0.29) is 5.82 Å². The van der Waals surface area contributed by atoms with Crippen molar-refractivity contribution in [1.29, 1.82) is 5.26 Å². The van der Waals surface area contributed by atoms with Crippen molar-refractivity contribution < 1.29 is 4.39 Å². The Labute approximate surface area is 117 Å². The highest BCUT2D eigenvalue weighted by atomic mass is 32.2. The minimum absolute atomic E-state index is 0.368. The fraction of sp³-hybridized carbons (Fsp3) is 0.188. The average molecular weight is 271 g/mol. The molecule has 0 aliphatic rings. The Morgan fingerprint density at radius 3 is 2.42 bits per heavy atom. The zero-order valence-electron chi connectivity index (χ0n) is 10.9. The zero-order chi connectivity index (χ0) is 13.8. The molecule has 0 aromatic heterocycles. The number of halogens is 1. The lowest BCUT2D eigenvalue weighted by Crippen LogP contribution is -1.88. The van der Waals surface area contributed by atoms with Crippen LogP contribution in [0.1, 0.15) is 22.3 Å². The quantitative estimate of drug-likeness (QED) is 0.761. The van der Waals surface area contributed by atoms with Crippen LogP contribution in [0.5, 0.6) is 0 Å². The molecule has 0 amide bonds. The Morgan fingerprint density at radius 1 is 1.11 bits per heavy atom. The van der Waals surface area contributed by atoms with Gasteiger partial charge in [0.15, 0.2) is 0 Å². The van der Waals surface area contributed by atoms with Crippen LogP contribution in [0.2, 0.25) is 0 Å². The summed E-state index contributed by atoms with van der Waals surface area (Å²) in [7, 11) is 0. The van der Waals surface area contributed by atoms with Crippen molar-refractivity contribution in [3.63, 3.8) is 0 Å². The Kier molecular flexibility index (Phi) is 4.24. The molecule has 2 aromatic rings. The van der Waals surface area contributed by atoms with Crippen LogP contribution < -0.4 is 0 Å². The summed E-state index contributed by atoms with van der Waals surface area (Å²) in [4.78, 5) is 0.822. The van der Waals surface area contributed by atoms with E-state index < -0.39 is 0 Å². The first-order valence-electron chi connectivity index (χ1n) is 5.98. The van der Waals surface area contributed by atoms with E-state index in [2.05, 4.69) is 32.0 Å². The lowest BCUT2D eigenvalue weighted by molar-refractivity contribution is 0.626. The maximum atomic E-state index is 13.0. The Morgan fingerprint density at radius 2 is 1.79 bits per heavy atom. The fourth-order valence-electron chi connectivity index (χ4n) is 2.03. The van der Waals surface area contributed by atoms with Crippen molar-refractivity contribution in [3.8, 4) is 6.07 Å². The largest absolute Gasteiger partial charge is 0.207 e. The van der Waals surface area contributed by atoms with Gasteiger partial charge in [-0.2, -0.15) is 5.26 Å². The predicted octanol–water partition coefficient (Wildman–Crippen LogP) is 4.61. The summed E-state index contributed by atoms with van der Waals surface area (Å²) in [5.41, 5.74) is 4.08. The lowest BCUT2D eigenvalue weighted by Gasteiger charge is -2.06. The topological polar surface area (TPSA) is 23.8 Å². The van der Waals surface area contributed by atoms with Crippen LogP contribution in [0.3, 0.4) is 0 Å². The maximum Gasteiger partial charge on any atom is 0.124 e. The molecule has 0 radical (unpaired) electrons. The predicted molar refractivity (Wildman–Crippen MR) is 76.6 cm³/mol. The second-order valence-corrected chi connectivity index (χ2v) is 5.55. The molecule has 19 heavy (non-hydrogen) atoms. The number of aryl methyl sites for hydroxylation is 2. The third kappa shape index (κ3) is 3.59. The van der Waals surface area contributed by atoms with Gasteiger partial charge in [0.2, 0.25) is 0 Å². The Bertz CT molecular complexity index is 623. The normalized spacial score (nSPS) is 10.2. The lowest BCUT2D eigenvalue weighted by atomic mass is 10.1. The van der Waals surface area contributed by atoms with Crippen LogP contribution in [0, 0.1) is 31.0 Å². The summed E-state index contributed by atoms with van der Waals surface area (Å²) in [6, 6.07) is 12.8. The van der Waals surface area contributed by atoms with Crippen molar-refractivity contribution >= 4 is 11.8 Å². The molecule has 0 spiro atoms. The third-order valence-electron chi connectivity index (χ3n) is 2.74. The van der Waals surface area contributed by atoms with E-state index in [4.69, 9.17) is 5.26 Å². The van der Waals surface area contributed by atoms with Crippen LogP contribution in [0.25, 0.3) is 0 Å². The highest BCUT2D eigenvalue weighted by Crippen LogP contribution is 2.27. The summed E-state index contributed by atoms with van der Waals surface area (Å²) in [6.07, 6.45) is 0. The van der Waals surface area contributed by atoms with Gasteiger partial charge in [-0.1, -0.05) is 29.3 Å². The summed E-state index contributed by atoms with van der Waals surface area (Å²) in [6.45, 7) is 4.14. The maximum absolute atomic E-state index is 13.0. The summed E-state index contributed by atoms with van der Waals surface area (Å²) in [5.74, 6) is 0.412. The highest BCUT2D eigenvalue weighted by Gasteiger charge is 2.05. The number of hydrogen-bond donors (Lipinski definition) is 0. The number of hydrogen-bond acceptors (Lipinski definition) is 2. The molecule has 0 bridgehead atoms. The summed E-state index contributed by atoms with van der Waals surface area (Å²) >= 11 is 1.56. The van der Waals surface area contributed by atoms with Crippen LogP contribution in [-0.4, -0.2) is 0 Å². The minimum Gasteiger partial charge on any atom is -0.207 e. The summed E-state index contributed by atoms with van der Waals surface area (Å²) in [5, 5.41) is 9.00. The van der Waals surface area contributed by atoms with Crippen LogP contribution in [0.4, 0.5) is 4.39 Å². The molecular weight excluding hydrogens is 257 g/mol. The number of benzene rings is 2. The van der Waals surface area contributed by atoms with E-state index >= 15 is 0 Å². The van der Waals surface area contributed by atoms with Crippen molar-refractivity contribution in [3.05, 3.63) is 64.5 Å². The Hall–Kier alpha value is -1.79. The molecule has 0 N–H and O–H groups in total. The second kappa shape index (κ2) is 5.90. The average Bonchev–Trinajstić information content (AvgIpc) is 2.36. The van der Waals surface area contributed by atoms with Crippen LogP contribution in [-0.2, 0) is 5.75 Å². The molecule has 2 rings (SSSR count). The van der Waals surface area contributed by atoms with Gasteiger partial charge in [-0.15, -0.1) is 11.8 Å². The van der Waals surface area contributed by atoms with Gasteiger partial charge in [0, 0.05) is 10.6 Å². The zero-order valence-corrected chi connectivity index (χ0v) is 11.7. The van der Waals surface area contributed by atoms with Gasteiger partial charge in [0.05, 0.1) is 5.56 Å². The molecular formula is C16H14FNS. The first-order chi connectivity index (χ1) is 9.08. The molecule has 0 atom stereocenters. The molecule has 2 aromatic carbocycles. The van der Waals surface area contributed by atoms with Gasteiger partial charge in [0.25, 0.3) is 0 Å². The molecule has 0 aliphatic carbocycles. The van der Waals surface area contributed by atoms with Crippen LogP contribution >= 0.6 is 11.8 Å². The fourth-order valence-corrected chi connectivity index (χ4v) is 2.94. The van der Waals surface area contributed by atoms with E-state index in [0.29, 0.717) is 5.56 Å². The second-order valence-electron chi connectivity index (χ2n) is 4.54. The van der Waals surface area contributed by atoms with E-state index in [9.17, 15) is 4.39 Å². The van der Waals surface area contributed by atoms with Crippen LogP contribution in [0.15, 0.2) is 41.3 Å². The van der Waals surface area contributed by atoms with Gasteiger partial charge in [-0.05, 0) is 37.6 Å². The van der Waals surface area contributed by atoms with Crippen molar-refractivity contribution in [1.82, 2.24) is 0 Å². The molecule has 0 saturated heterocycles. The van der Waals surface area contributed by atoms with Gasteiger partial charge < -0.3 is 0 Å². The van der Waals surface area contributed by atoms with E-state index in [1.165, 1.54) is 28.8 Å². The SMILES string of the molecule is Cc1cc(C)cc(CSc2ccc(F)cc2C#N)c1. The Balaban J connectivity index is 2.17. The standard InChI is InChI=1S/C16H14FNS/c1-11-5-12(2)7-13(6-11)10-19-16-4-3-15(17)8-14(16)9-18/h3-8H,10H2,1-2H3. The van der Waals surface area contributed by atoms with Crippen molar-refractivity contribution in [2.45, 2.75) is 24.5 Å². The van der Waals surface area contributed by atoms with Gasteiger partial charge >= 0.3 is 0 Å². The van der Waals surface area contributed by atoms with Gasteiger partial charge in [0.1, 0.15) is 11.9 Å². The molecule has 96 valence electrons. The smallest absolute Gasteiger partial charge is 0.124 e. The number of nitrogens with zero attached hydrogens (tertiary/aromatic N) is 1. The van der Waals surface area contributed by atoms with Crippen molar-refractivity contribution in [2.75, 3.05) is 0 Å². The molecule has 0 heterocycles. The van der Waals surface area contributed by atoms with E-state index in [1.54, 1.807) is 17.8 Å². The molecule has 3 heteroatoms. The monoisotopic (exact) mass is 271 g/mol. The number of thioether (sulfide) groups is 1. The first-order valence-corrected chi connectivity index (χ1v) is 6.96. The molecule has 1 nitrogen and oxygen atoms in total. The molecule has 0 aliphatic heterocycles. The van der Waals surface area contributed by atoms with Crippen molar-refractivity contribution in [2.24, 2.45) is 0 Å². The molecule has 0 fully saturated rings. The van der Waals surface area contributed by atoms with E-state index in [0.717, 1.165) is 10.6 Å².